The van der Waals surface area contributed by atoms with E-state index in [-0.39, 0.29) is 23.5 Å². The van der Waals surface area contributed by atoms with Crippen LogP contribution in [0.1, 0.15) is 76.1 Å². The molecule has 2 aromatic heterocycles. The predicted octanol–water partition coefficient (Wildman–Crippen LogP) is 4.17. The van der Waals surface area contributed by atoms with Crippen molar-refractivity contribution in [2.75, 3.05) is 32.8 Å². The number of rotatable bonds is 4. The Bertz CT molecular complexity index is 995. The number of ether oxygens (including phenoxy) is 1. The lowest BCUT2D eigenvalue weighted by Crippen LogP contribution is -2.50. The quantitative estimate of drug-likeness (QED) is 0.708. The second-order valence-corrected chi connectivity index (χ2v) is 10.4. The number of nitrogens with zero attached hydrogens (tertiary/aromatic N) is 5. The van der Waals surface area contributed by atoms with Gasteiger partial charge in [0.05, 0.1) is 28.8 Å². The molecule has 0 saturated carbocycles. The van der Waals surface area contributed by atoms with E-state index in [4.69, 9.17) is 14.8 Å². The van der Waals surface area contributed by atoms with E-state index in [2.05, 4.69) is 34.6 Å². The van der Waals surface area contributed by atoms with Crippen LogP contribution in [0.2, 0.25) is 0 Å². The number of hydrogen-bond acceptors (Lipinski definition) is 5. The number of aromatic nitrogens is 3. The second kappa shape index (κ2) is 9.08. The van der Waals surface area contributed by atoms with Gasteiger partial charge in [0.1, 0.15) is 0 Å². The second-order valence-electron chi connectivity index (χ2n) is 10.4. The molecule has 0 unspecified atom stereocenters. The zero-order valence-corrected chi connectivity index (χ0v) is 20.7. The Morgan fingerprint density at radius 2 is 1.66 bits per heavy atom. The molecule has 0 spiro atoms. The first kappa shape index (κ1) is 24.0. The summed E-state index contributed by atoms with van der Waals surface area (Å²) in [6, 6.07) is 1.92. The highest BCUT2D eigenvalue weighted by molar-refractivity contribution is 6.06. The van der Waals surface area contributed by atoms with E-state index in [1.54, 1.807) is 4.90 Å². The number of carbonyl (C=O) groups is 2. The molecule has 0 atom stereocenters. The Morgan fingerprint density at radius 1 is 1.06 bits per heavy atom. The molecule has 8 nitrogen and oxygen atoms in total. The minimum atomic E-state index is -0.304. The summed E-state index contributed by atoms with van der Waals surface area (Å²) in [6.45, 7) is 18.6. The summed E-state index contributed by atoms with van der Waals surface area (Å²) in [5.41, 5.74) is 2.82. The standard InChI is InChI=1S/C24H37N5O3/c1-15(2)14-32-23(31)28-11-9-27(10-12-28)22(30)18-13-19(16(3)4)25-21-20(18)17(5)26-29(21)24(6,7)8/h13,15-16H,9-12,14H2,1-8H3. The lowest BCUT2D eigenvalue weighted by Gasteiger charge is -2.34. The number of amides is 2. The van der Waals surface area contributed by atoms with Crippen molar-refractivity contribution >= 4 is 23.0 Å². The minimum Gasteiger partial charge on any atom is -0.449 e. The van der Waals surface area contributed by atoms with Crippen LogP contribution in [-0.4, -0.2) is 69.4 Å². The van der Waals surface area contributed by atoms with E-state index < -0.39 is 0 Å². The van der Waals surface area contributed by atoms with Crippen molar-refractivity contribution in [3.05, 3.63) is 23.0 Å². The number of aryl methyl sites for hydroxylation is 1. The lowest BCUT2D eigenvalue weighted by molar-refractivity contribution is 0.0536. The third-order valence-corrected chi connectivity index (χ3v) is 5.66. The van der Waals surface area contributed by atoms with E-state index in [0.717, 1.165) is 22.4 Å². The van der Waals surface area contributed by atoms with Crippen molar-refractivity contribution < 1.29 is 14.3 Å². The number of carbonyl (C=O) groups excluding carboxylic acids is 2. The highest BCUT2D eigenvalue weighted by atomic mass is 16.6. The summed E-state index contributed by atoms with van der Waals surface area (Å²) >= 11 is 0. The molecule has 8 heteroatoms. The van der Waals surface area contributed by atoms with Crippen LogP contribution in [0.3, 0.4) is 0 Å². The molecule has 1 aliphatic rings. The topological polar surface area (TPSA) is 80.6 Å². The van der Waals surface area contributed by atoms with Gasteiger partial charge in [-0.3, -0.25) is 4.79 Å². The van der Waals surface area contributed by atoms with E-state index >= 15 is 0 Å². The molecule has 1 aliphatic heterocycles. The van der Waals surface area contributed by atoms with Crippen LogP contribution < -0.4 is 0 Å². The zero-order chi connectivity index (χ0) is 23.8. The van der Waals surface area contributed by atoms with Gasteiger partial charge in [-0.25, -0.2) is 14.5 Å². The van der Waals surface area contributed by atoms with E-state index in [1.165, 1.54) is 0 Å². The van der Waals surface area contributed by atoms with Crippen LogP contribution in [0.5, 0.6) is 0 Å². The number of piperazine rings is 1. The maximum Gasteiger partial charge on any atom is 0.409 e. The molecule has 32 heavy (non-hydrogen) atoms. The van der Waals surface area contributed by atoms with Crippen LogP contribution in [0.15, 0.2) is 6.07 Å². The molecule has 0 N–H and O–H groups in total. The highest BCUT2D eigenvalue weighted by Crippen LogP contribution is 2.29. The first-order valence-corrected chi connectivity index (χ1v) is 11.5. The predicted molar refractivity (Wildman–Crippen MR) is 125 cm³/mol. The zero-order valence-electron chi connectivity index (χ0n) is 20.7. The van der Waals surface area contributed by atoms with Crippen molar-refractivity contribution in [2.24, 2.45) is 5.92 Å². The number of pyridine rings is 1. The fourth-order valence-electron chi connectivity index (χ4n) is 3.83. The largest absolute Gasteiger partial charge is 0.449 e. The van der Waals surface area contributed by atoms with Gasteiger partial charge in [-0.15, -0.1) is 0 Å². The molecule has 2 aromatic rings. The van der Waals surface area contributed by atoms with Crippen LogP contribution in [-0.2, 0) is 10.3 Å². The van der Waals surface area contributed by atoms with Gasteiger partial charge in [-0.2, -0.15) is 5.10 Å². The van der Waals surface area contributed by atoms with Gasteiger partial charge in [0, 0.05) is 31.9 Å². The van der Waals surface area contributed by atoms with Crippen molar-refractivity contribution in [3.63, 3.8) is 0 Å². The molecule has 0 aromatic carbocycles. The fraction of sp³-hybridized carbons (Fsp3) is 0.667. The van der Waals surface area contributed by atoms with Gasteiger partial charge in [0.15, 0.2) is 5.65 Å². The first-order valence-electron chi connectivity index (χ1n) is 11.5. The molecule has 176 valence electrons. The average Bonchev–Trinajstić information content (AvgIpc) is 3.08. The van der Waals surface area contributed by atoms with Gasteiger partial charge in [0.25, 0.3) is 5.91 Å². The molecule has 3 heterocycles. The van der Waals surface area contributed by atoms with Gasteiger partial charge in [-0.05, 0) is 45.6 Å². The van der Waals surface area contributed by atoms with Crippen LogP contribution in [0, 0.1) is 12.8 Å². The van der Waals surface area contributed by atoms with Crippen molar-refractivity contribution in [3.8, 4) is 0 Å². The van der Waals surface area contributed by atoms with Crippen molar-refractivity contribution in [1.29, 1.82) is 0 Å². The molecule has 1 saturated heterocycles. The summed E-state index contributed by atoms with van der Waals surface area (Å²) in [7, 11) is 0. The van der Waals surface area contributed by atoms with E-state index in [1.807, 2.05) is 36.4 Å². The fourth-order valence-corrected chi connectivity index (χ4v) is 3.83. The maximum atomic E-state index is 13.6. The molecule has 0 aliphatic carbocycles. The molecule has 1 fully saturated rings. The molecular formula is C24H37N5O3. The number of hydrogen-bond donors (Lipinski definition) is 0. The van der Waals surface area contributed by atoms with E-state index in [9.17, 15) is 9.59 Å². The van der Waals surface area contributed by atoms with Crippen LogP contribution in [0.25, 0.3) is 11.0 Å². The smallest absolute Gasteiger partial charge is 0.409 e. The normalized spacial score (nSPS) is 15.2. The molecule has 3 rings (SSSR count). The Hall–Kier alpha value is -2.64. The summed E-state index contributed by atoms with van der Waals surface area (Å²) < 4.78 is 7.26. The third-order valence-electron chi connectivity index (χ3n) is 5.66. The van der Waals surface area contributed by atoms with Crippen LogP contribution in [0.4, 0.5) is 4.79 Å². The minimum absolute atomic E-state index is 0.0361. The highest BCUT2D eigenvalue weighted by Gasteiger charge is 2.30. The lowest BCUT2D eigenvalue weighted by atomic mass is 10.0. The summed E-state index contributed by atoms with van der Waals surface area (Å²) in [5, 5.41) is 5.55. The Morgan fingerprint density at radius 3 is 2.19 bits per heavy atom. The third kappa shape index (κ3) is 4.89. The number of fused-ring (bicyclic) bond motifs is 1. The molecule has 0 radical (unpaired) electrons. The molecule has 0 bridgehead atoms. The summed E-state index contributed by atoms with van der Waals surface area (Å²) in [4.78, 5) is 34.3. The average molecular weight is 444 g/mol. The molecule has 2 amide bonds. The van der Waals surface area contributed by atoms with Gasteiger partial charge >= 0.3 is 6.09 Å². The Kier molecular flexibility index (Phi) is 6.81. The monoisotopic (exact) mass is 443 g/mol. The Balaban J connectivity index is 1.89. The Labute approximate surface area is 190 Å². The van der Waals surface area contributed by atoms with Crippen molar-refractivity contribution in [2.45, 2.75) is 66.8 Å². The maximum absolute atomic E-state index is 13.6. The summed E-state index contributed by atoms with van der Waals surface area (Å²) in [5.74, 6) is 0.441. The first-order chi connectivity index (χ1) is 14.9. The molecular weight excluding hydrogens is 406 g/mol. The van der Waals surface area contributed by atoms with Gasteiger partial charge < -0.3 is 14.5 Å². The van der Waals surface area contributed by atoms with Gasteiger partial charge in [0.2, 0.25) is 0 Å². The van der Waals surface area contributed by atoms with Crippen LogP contribution >= 0.6 is 0 Å². The van der Waals surface area contributed by atoms with E-state index in [0.29, 0.717) is 44.3 Å². The van der Waals surface area contributed by atoms with Crippen molar-refractivity contribution in [1.82, 2.24) is 24.6 Å². The summed E-state index contributed by atoms with van der Waals surface area (Å²) in [6.07, 6.45) is -0.304. The SMILES string of the molecule is Cc1nn(C(C)(C)C)c2nc(C(C)C)cc(C(=O)N3CCN(C(=O)OCC(C)C)CC3)c12. The van der Waals surface area contributed by atoms with Gasteiger partial charge in [-0.1, -0.05) is 27.7 Å².